The van der Waals surface area contributed by atoms with Gasteiger partial charge in [0.2, 0.25) is 0 Å². The number of phenolic OH excluding ortho intramolecular Hbond substituents is 1. The third kappa shape index (κ3) is 7.03. The van der Waals surface area contributed by atoms with E-state index in [1.165, 1.54) is 6.07 Å². The summed E-state index contributed by atoms with van der Waals surface area (Å²) in [7, 11) is -16.4. The van der Waals surface area contributed by atoms with Gasteiger partial charge in [0.15, 0.2) is 0 Å². The van der Waals surface area contributed by atoms with E-state index in [9.17, 15) is 28.8 Å². The van der Waals surface area contributed by atoms with Gasteiger partial charge in [-0.2, -0.15) is 8.62 Å². The lowest BCUT2D eigenvalue weighted by atomic mass is 10.0. The van der Waals surface area contributed by atoms with Crippen LogP contribution in [0.2, 0.25) is 0 Å². The first kappa shape index (κ1) is 22.6. The van der Waals surface area contributed by atoms with Gasteiger partial charge in [-0.3, -0.25) is 4.52 Å². The van der Waals surface area contributed by atoms with Crippen molar-refractivity contribution in [1.29, 1.82) is 0 Å². The molecule has 16 heteroatoms. The van der Waals surface area contributed by atoms with Crippen LogP contribution in [0, 0.1) is 0 Å². The van der Waals surface area contributed by atoms with Gasteiger partial charge >= 0.3 is 23.5 Å². The highest BCUT2D eigenvalue weighted by molar-refractivity contribution is 7.66. The van der Waals surface area contributed by atoms with Gasteiger partial charge < -0.3 is 34.5 Å². The van der Waals surface area contributed by atoms with Gasteiger partial charge in [0.1, 0.15) is 11.9 Å². The fourth-order valence-electron chi connectivity index (χ4n) is 2.31. The third-order valence-corrected chi connectivity index (χ3v) is 7.13. The number of aliphatic hydroxyl groups is 1. The summed E-state index contributed by atoms with van der Waals surface area (Å²) >= 11 is 0. The van der Waals surface area contributed by atoms with Gasteiger partial charge in [-0.15, -0.1) is 0 Å². The number of ether oxygens (including phenoxy) is 1. The van der Waals surface area contributed by atoms with Gasteiger partial charge in [0.25, 0.3) is 0 Å². The molecule has 0 spiro atoms. The quantitative estimate of drug-likeness (QED) is 0.305. The van der Waals surface area contributed by atoms with Crippen molar-refractivity contribution in [2.24, 2.45) is 0 Å². The fraction of sp³-hybridized carbons (Fsp3) is 0.455. The van der Waals surface area contributed by atoms with Crippen LogP contribution in [0.5, 0.6) is 5.75 Å². The Hall–Kier alpha value is -0.650. The van der Waals surface area contributed by atoms with Crippen LogP contribution in [0.1, 0.15) is 18.1 Å². The van der Waals surface area contributed by atoms with E-state index in [-0.39, 0.29) is 12.2 Å². The van der Waals surface area contributed by atoms with Crippen molar-refractivity contribution >= 4 is 23.5 Å². The topological polar surface area (TPSA) is 210 Å². The molecule has 1 heterocycles. The molecule has 1 fully saturated rings. The summed E-state index contributed by atoms with van der Waals surface area (Å²) in [6.07, 6.45) is -3.03. The SMILES string of the molecule is O=P(O)(O)OP(=O)(O)OP(=O)(O)OC[C@H]1O[C@@H](c2ccccc2O)C[C@@H]1O. The van der Waals surface area contributed by atoms with Crippen molar-refractivity contribution in [2.45, 2.75) is 24.7 Å². The average Bonchev–Trinajstić information content (AvgIpc) is 2.83. The van der Waals surface area contributed by atoms with Crippen LogP contribution in [-0.2, 0) is 31.6 Å². The number of phosphoric acid groups is 3. The zero-order valence-electron chi connectivity index (χ0n) is 13.3. The van der Waals surface area contributed by atoms with E-state index in [1.807, 2.05) is 0 Å². The van der Waals surface area contributed by atoms with Crippen molar-refractivity contribution in [3.05, 3.63) is 29.8 Å². The number of phenols is 1. The molecule has 13 nitrogen and oxygen atoms in total. The highest BCUT2D eigenvalue weighted by Crippen LogP contribution is 2.66. The maximum Gasteiger partial charge on any atom is 0.490 e. The second-order valence-electron chi connectivity index (χ2n) is 5.41. The number of phosphoric ester groups is 1. The first-order chi connectivity index (χ1) is 12.3. The lowest BCUT2D eigenvalue weighted by Gasteiger charge is -2.19. The number of rotatable bonds is 8. The minimum Gasteiger partial charge on any atom is -0.508 e. The first-order valence-corrected chi connectivity index (χ1v) is 11.7. The second-order valence-corrected chi connectivity index (χ2v) is 9.83. The van der Waals surface area contributed by atoms with E-state index in [0.29, 0.717) is 5.56 Å². The number of aliphatic hydroxyl groups excluding tert-OH is 1. The lowest BCUT2D eigenvalue weighted by molar-refractivity contribution is -0.0225. The number of benzene rings is 1. The molecule has 6 N–H and O–H groups in total. The van der Waals surface area contributed by atoms with Crippen molar-refractivity contribution in [3.8, 4) is 5.75 Å². The van der Waals surface area contributed by atoms with Gasteiger partial charge in [0.05, 0.1) is 18.8 Å². The summed E-state index contributed by atoms with van der Waals surface area (Å²) in [4.78, 5) is 35.3. The maximum absolute atomic E-state index is 11.7. The van der Waals surface area contributed by atoms with E-state index in [0.717, 1.165) is 0 Å². The molecule has 0 radical (unpaired) electrons. The molecule has 1 saturated heterocycles. The Morgan fingerprint density at radius 2 is 1.67 bits per heavy atom. The van der Waals surface area contributed by atoms with Crippen LogP contribution in [0.15, 0.2) is 24.3 Å². The van der Waals surface area contributed by atoms with Gasteiger partial charge in [0, 0.05) is 12.0 Å². The van der Waals surface area contributed by atoms with E-state index in [4.69, 9.17) is 19.4 Å². The van der Waals surface area contributed by atoms with Gasteiger partial charge in [-0.05, 0) is 6.07 Å². The molecule has 1 aromatic rings. The summed E-state index contributed by atoms with van der Waals surface area (Å²) in [5.74, 6) is -0.0803. The zero-order valence-corrected chi connectivity index (χ0v) is 16.0. The highest BCUT2D eigenvalue weighted by Gasteiger charge is 2.42. The van der Waals surface area contributed by atoms with Crippen LogP contribution < -0.4 is 0 Å². The minimum atomic E-state index is -5.62. The Balaban J connectivity index is 1.95. The van der Waals surface area contributed by atoms with E-state index >= 15 is 0 Å². The minimum absolute atomic E-state index is 0.0298. The Morgan fingerprint density at radius 3 is 2.26 bits per heavy atom. The predicted molar refractivity (Wildman–Crippen MR) is 86.2 cm³/mol. The molecule has 2 rings (SSSR count). The molecule has 0 saturated carbocycles. The zero-order chi connectivity index (χ0) is 20.5. The molecule has 1 aliphatic rings. The van der Waals surface area contributed by atoms with Crippen molar-refractivity contribution in [1.82, 2.24) is 0 Å². The first-order valence-electron chi connectivity index (χ1n) is 7.18. The Labute approximate surface area is 152 Å². The normalized spacial score (nSPS) is 27.8. The average molecular weight is 450 g/mol. The van der Waals surface area contributed by atoms with Crippen molar-refractivity contribution in [2.75, 3.05) is 6.61 Å². The van der Waals surface area contributed by atoms with E-state index in [1.54, 1.807) is 18.2 Å². The summed E-state index contributed by atoms with van der Waals surface area (Å²) in [6.45, 7) is -0.769. The number of aromatic hydroxyl groups is 1. The van der Waals surface area contributed by atoms with Crippen LogP contribution >= 0.6 is 23.5 Å². The Kier molecular flexibility index (Phi) is 7.03. The maximum atomic E-state index is 11.7. The van der Waals surface area contributed by atoms with Crippen molar-refractivity contribution in [3.63, 3.8) is 0 Å². The Morgan fingerprint density at radius 1 is 1.04 bits per heavy atom. The summed E-state index contributed by atoms with van der Waals surface area (Å²) < 4.78 is 50.4. The lowest BCUT2D eigenvalue weighted by Crippen LogP contribution is -2.26. The molecule has 1 aliphatic heterocycles. The molecule has 2 unspecified atom stereocenters. The predicted octanol–water partition coefficient (Wildman–Crippen LogP) is 0.926. The molecule has 154 valence electrons. The molecule has 0 amide bonds. The number of hydrogen-bond donors (Lipinski definition) is 6. The molecular formula is C11H17O13P3. The third-order valence-electron chi connectivity index (χ3n) is 3.33. The number of hydrogen-bond acceptors (Lipinski definition) is 9. The molecule has 0 bridgehead atoms. The van der Waals surface area contributed by atoms with Crippen LogP contribution in [0.3, 0.4) is 0 Å². The molecule has 0 aliphatic carbocycles. The summed E-state index contributed by atoms with van der Waals surface area (Å²) in [5.41, 5.74) is 0.373. The standard InChI is InChI=1S/C11H17O13P3/c12-8-4-2-1-3-7(8)10-5-9(13)11(22-10)6-21-26(17,18)24-27(19,20)23-25(14,15)16/h1-4,9-13H,5-6H2,(H,17,18)(H,19,20)(H2,14,15,16)/t9-,10+,11+/m0/s1. The molecule has 0 aromatic heterocycles. The largest absolute Gasteiger partial charge is 0.508 e. The smallest absolute Gasteiger partial charge is 0.490 e. The fourth-order valence-corrected chi connectivity index (χ4v) is 5.34. The molecule has 27 heavy (non-hydrogen) atoms. The van der Waals surface area contributed by atoms with Crippen LogP contribution in [-0.4, -0.2) is 48.6 Å². The van der Waals surface area contributed by atoms with Crippen molar-refractivity contribution < 1.29 is 61.4 Å². The number of para-hydroxylation sites is 1. The summed E-state index contributed by atoms with van der Waals surface area (Å²) in [6, 6.07) is 6.17. The highest BCUT2D eigenvalue weighted by atomic mass is 31.3. The molecular weight excluding hydrogens is 433 g/mol. The summed E-state index contributed by atoms with van der Waals surface area (Å²) in [5, 5.41) is 19.8. The van der Waals surface area contributed by atoms with Crippen LogP contribution in [0.4, 0.5) is 0 Å². The van der Waals surface area contributed by atoms with Gasteiger partial charge in [-0.1, -0.05) is 18.2 Å². The monoisotopic (exact) mass is 450 g/mol. The molecule has 1 aromatic carbocycles. The Bertz CT molecular complexity index is 806. The van der Waals surface area contributed by atoms with E-state index < -0.39 is 48.4 Å². The second kappa shape index (κ2) is 8.38. The van der Waals surface area contributed by atoms with Gasteiger partial charge in [-0.25, -0.2) is 13.7 Å². The molecule has 5 atom stereocenters. The van der Waals surface area contributed by atoms with Crippen LogP contribution in [0.25, 0.3) is 0 Å². The van der Waals surface area contributed by atoms with E-state index in [2.05, 4.69) is 13.1 Å².